The molecule has 12 heteroatoms. The summed E-state index contributed by atoms with van der Waals surface area (Å²) in [6.07, 6.45) is 1.30. The lowest BCUT2D eigenvalue weighted by Crippen LogP contribution is -2.42. The molecule has 1 aliphatic rings. The molecule has 9 nitrogen and oxygen atoms in total. The number of carbonyl (C=O) groups excluding carboxylic acids is 2. The Morgan fingerprint density at radius 3 is 2.40 bits per heavy atom. The van der Waals surface area contributed by atoms with Crippen LogP contribution in [0.1, 0.15) is 43.3 Å². The number of benzene rings is 3. The minimum Gasteiger partial charge on any atom is -0.479 e. The monoisotopic (exact) mass is 714 g/mol. The number of rotatable bonds is 9. The van der Waals surface area contributed by atoms with Crippen LogP contribution in [0.15, 0.2) is 76.1 Å². The standard InChI is InChI=1S/C33H35BrN2O7S2/c1-33(2,3)43-27(37)20-42-29-28(34)30(44-31(29)32(38)41-4)23-10-7-11-25(18-23)35-24-14-16-36(17-15-24)45(39,40)26-13-12-21-8-5-6-9-22(21)19-26/h5-13,18-19,24,35H,14-17,20H2,1-4H3. The van der Waals surface area contributed by atoms with Crippen LogP contribution < -0.4 is 10.1 Å². The van der Waals surface area contributed by atoms with Crippen molar-refractivity contribution in [1.29, 1.82) is 0 Å². The third-order valence-corrected chi connectivity index (χ3v) is 11.4. The molecule has 4 aromatic rings. The third kappa shape index (κ3) is 7.69. The minimum absolute atomic E-state index is 0.0773. The molecule has 1 N–H and O–H groups in total. The summed E-state index contributed by atoms with van der Waals surface area (Å²) in [4.78, 5) is 26.1. The summed E-state index contributed by atoms with van der Waals surface area (Å²) < 4.78 is 45.0. The number of piperidine rings is 1. The van der Waals surface area contributed by atoms with Crippen LogP contribution in [-0.2, 0) is 24.3 Å². The molecule has 0 saturated carbocycles. The zero-order valence-electron chi connectivity index (χ0n) is 25.5. The number of nitrogens with zero attached hydrogens (tertiary/aromatic N) is 1. The number of nitrogens with one attached hydrogen (secondary N) is 1. The first kappa shape index (κ1) is 32.9. The van der Waals surface area contributed by atoms with Crippen LogP contribution in [0.3, 0.4) is 0 Å². The lowest BCUT2D eigenvalue weighted by Gasteiger charge is -2.32. The summed E-state index contributed by atoms with van der Waals surface area (Å²) in [6, 6.07) is 20.8. The van der Waals surface area contributed by atoms with Crippen molar-refractivity contribution in [2.24, 2.45) is 0 Å². The van der Waals surface area contributed by atoms with Gasteiger partial charge in [-0.15, -0.1) is 11.3 Å². The van der Waals surface area contributed by atoms with Gasteiger partial charge in [0.25, 0.3) is 0 Å². The quantitative estimate of drug-likeness (QED) is 0.183. The van der Waals surface area contributed by atoms with Crippen LogP contribution in [0.4, 0.5) is 5.69 Å². The summed E-state index contributed by atoms with van der Waals surface area (Å²) in [5.41, 5.74) is 1.02. The maximum atomic E-state index is 13.4. The summed E-state index contributed by atoms with van der Waals surface area (Å²) in [5, 5.41) is 5.45. The van der Waals surface area contributed by atoms with E-state index >= 15 is 0 Å². The largest absolute Gasteiger partial charge is 0.479 e. The Morgan fingerprint density at radius 1 is 1.00 bits per heavy atom. The Labute approximate surface area is 275 Å². The molecule has 0 amide bonds. The van der Waals surface area contributed by atoms with Crippen molar-refractivity contribution in [2.75, 3.05) is 32.1 Å². The van der Waals surface area contributed by atoms with Crippen LogP contribution in [0, 0.1) is 0 Å². The molecule has 3 aromatic carbocycles. The first-order valence-electron chi connectivity index (χ1n) is 14.5. The molecule has 1 aromatic heterocycles. The molecule has 1 fully saturated rings. The van der Waals surface area contributed by atoms with Gasteiger partial charge in [0.2, 0.25) is 10.0 Å². The van der Waals surface area contributed by atoms with Gasteiger partial charge in [0, 0.05) is 24.8 Å². The average molecular weight is 716 g/mol. The molecule has 0 radical (unpaired) electrons. The first-order valence-corrected chi connectivity index (χ1v) is 17.5. The van der Waals surface area contributed by atoms with Crippen molar-refractivity contribution < 1.29 is 32.2 Å². The minimum atomic E-state index is -3.60. The van der Waals surface area contributed by atoms with E-state index in [0.29, 0.717) is 35.3 Å². The van der Waals surface area contributed by atoms with Crippen molar-refractivity contribution in [2.45, 2.75) is 50.2 Å². The van der Waals surface area contributed by atoms with Gasteiger partial charge in [-0.25, -0.2) is 18.0 Å². The number of sulfonamides is 1. The molecule has 0 aliphatic carbocycles. The maximum absolute atomic E-state index is 13.4. The molecule has 1 aliphatic heterocycles. The van der Waals surface area contributed by atoms with E-state index in [1.165, 1.54) is 18.4 Å². The Balaban J connectivity index is 1.27. The van der Waals surface area contributed by atoms with Gasteiger partial charge in [0.05, 0.1) is 21.4 Å². The van der Waals surface area contributed by atoms with Crippen LogP contribution in [0.2, 0.25) is 0 Å². The second-order valence-electron chi connectivity index (χ2n) is 11.7. The smallest absolute Gasteiger partial charge is 0.351 e. The van der Waals surface area contributed by atoms with Gasteiger partial charge in [-0.3, -0.25) is 0 Å². The number of methoxy groups -OCH3 is 1. The summed E-state index contributed by atoms with van der Waals surface area (Å²) in [5.74, 6) is -0.919. The van der Waals surface area contributed by atoms with Crippen LogP contribution in [-0.4, -0.2) is 63.1 Å². The van der Waals surface area contributed by atoms with Crippen LogP contribution >= 0.6 is 27.3 Å². The van der Waals surface area contributed by atoms with Gasteiger partial charge < -0.3 is 19.5 Å². The Kier molecular flexibility index (Phi) is 9.88. The molecule has 45 heavy (non-hydrogen) atoms. The summed E-state index contributed by atoms with van der Waals surface area (Å²) >= 11 is 4.76. The Hall–Kier alpha value is -3.45. The molecule has 0 bridgehead atoms. The fourth-order valence-corrected chi connectivity index (χ4v) is 8.62. The number of anilines is 1. The Morgan fingerprint density at radius 2 is 1.71 bits per heavy atom. The highest BCUT2D eigenvalue weighted by Gasteiger charge is 2.30. The van der Waals surface area contributed by atoms with Gasteiger partial charge >= 0.3 is 11.9 Å². The number of carbonyl (C=O) groups is 2. The average Bonchev–Trinajstić information content (AvgIpc) is 3.34. The molecule has 238 valence electrons. The van der Waals surface area contributed by atoms with E-state index < -0.39 is 27.6 Å². The number of esters is 2. The summed E-state index contributed by atoms with van der Waals surface area (Å²) in [6.45, 7) is 5.74. The predicted octanol–water partition coefficient (Wildman–Crippen LogP) is 7.10. The maximum Gasteiger partial charge on any atom is 0.351 e. The molecule has 2 heterocycles. The number of fused-ring (bicyclic) bond motifs is 1. The fraction of sp³-hybridized carbons (Fsp3) is 0.333. The molecular weight excluding hydrogens is 680 g/mol. The fourth-order valence-electron chi connectivity index (χ4n) is 5.14. The molecule has 0 unspecified atom stereocenters. The lowest BCUT2D eigenvalue weighted by molar-refractivity contribution is -0.157. The molecule has 0 atom stereocenters. The van der Waals surface area contributed by atoms with E-state index in [-0.39, 0.29) is 23.3 Å². The lowest BCUT2D eigenvalue weighted by atomic mass is 10.1. The van der Waals surface area contributed by atoms with E-state index in [0.717, 1.165) is 26.9 Å². The molecule has 5 rings (SSSR count). The van der Waals surface area contributed by atoms with E-state index in [1.807, 2.05) is 54.6 Å². The number of hydrogen-bond acceptors (Lipinski definition) is 9. The van der Waals surface area contributed by atoms with E-state index in [2.05, 4.69) is 21.2 Å². The number of ether oxygens (including phenoxy) is 3. The van der Waals surface area contributed by atoms with Gasteiger partial charge in [-0.2, -0.15) is 4.31 Å². The second kappa shape index (κ2) is 13.5. The highest BCUT2D eigenvalue weighted by Crippen LogP contribution is 2.46. The van der Waals surface area contributed by atoms with Crippen LogP contribution in [0.25, 0.3) is 21.2 Å². The predicted molar refractivity (Wildman–Crippen MR) is 179 cm³/mol. The van der Waals surface area contributed by atoms with Gasteiger partial charge in [0.15, 0.2) is 17.2 Å². The number of halogens is 1. The van der Waals surface area contributed by atoms with Crippen molar-refractivity contribution in [3.8, 4) is 16.2 Å². The topological polar surface area (TPSA) is 111 Å². The molecule has 1 saturated heterocycles. The van der Waals surface area contributed by atoms with E-state index in [4.69, 9.17) is 14.2 Å². The zero-order valence-corrected chi connectivity index (χ0v) is 28.7. The molecular formula is C33H35BrN2O7S2. The van der Waals surface area contributed by atoms with Gasteiger partial charge in [-0.05, 0) is 90.1 Å². The number of hydrogen-bond donors (Lipinski definition) is 1. The molecule has 0 spiro atoms. The third-order valence-electron chi connectivity index (χ3n) is 7.24. The highest BCUT2D eigenvalue weighted by molar-refractivity contribution is 9.10. The van der Waals surface area contributed by atoms with Crippen molar-refractivity contribution >= 4 is 65.7 Å². The normalized spacial score (nSPS) is 14.7. The zero-order chi connectivity index (χ0) is 32.4. The number of thiophene rings is 1. The van der Waals surface area contributed by atoms with Gasteiger partial charge in [0.1, 0.15) is 5.60 Å². The highest BCUT2D eigenvalue weighted by atomic mass is 79.9. The van der Waals surface area contributed by atoms with Gasteiger partial charge in [-0.1, -0.05) is 42.5 Å². The van der Waals surface area contributed by atoms with Crippen molar-refractivity contribution in [1.82, 2.24) is 4.31 Å². The SMILES string of the molecule is COC(=O)c1sc(-c2cccc(NC3CCN(S(=O)(=O)c4ccc5ccccc5c4)CC3)c2)c(Br)c1OCC(=O)OC(C)(C)C. The van der Waals surface area contributed by atoms with Crippen molar-refractivity contribution in [3.05, 3.63) is 76.1 Å². The van der Waals surface area contributed by atoms with E-state index in [1.54, 1.807) is 37.2 Å². The summed E-state index contributed by atoms with van der Waals surface area (Å²) in [7, 11) is -2.32. The van der Waals surface area contributed by atoms with E-state index in [9.17, 15) is 18.0 Å². The van der Waals surface area contributed by atoms with Crippen LogP contribution in [0.5, 0.6) is 5.75 Å². The second-order valence-corrected chi connectivity index (χ2v) is 15.4. The first-order chi connectivity index (χ1) is 21.4. The van der Waals surface area contributed by atoms with Crippen molar-refractivity contribution in [3.63, 3.8) is 0 Å². The Bertz CT molecular complexity index is 1820.